The van der Waals surface area contributed by atoms with E-state index in [1.807, 2.05) is 61.1 Å². The predicted octanol–water partition coefficient (Wildman–Crippen LogP) is 3.51. The average molecular weight is 468 g/mol. The molecule has 1 saturated heterocycles. The van der Waals surface area contributed by atoms with Crippen molar-refractivity contribution in [3.8, 4) is 11.1 Å². The van der Waals surface area contributed by atoms with Crippen LogP contribution in [0, 0.1) is 0 Å². The number of fused-ring (bicyclic) bond motifs is 1. The number of piperazine rings is 1. The largest absolute Gasteiger partial charge is 0.386 e. The molecule has 178 valence electrons. The zero-order chi connectivity index (χ0) is 24.2. The first-order valence-corrected chi connectivity index (χ1v) is 12.0. The standard InChI is InChI=1S/C28H29N5O2/c1-20(34)27(35)15-21-4-6-23(7-5-21)24-8-9-25-26(16-24)31-28(18-30-25)33-13-11-32(12-14-33)19-22-3-2-10-29-17-22/h2-10,16-18,20,34H,11-15,19H2,1H3. The van der Waals surface area contributed by atoms with Gasteiger partial charge in [-0.25, -0.2) is 4.98 Å². The lowest BCUT2D eigenvalue weighted by Crippen LogP contribution is -2.46. The highest BCUT2D eigenvalue weighted by Crippen LogP contribution is 2.25. The van der Waals surface area contributed by atoms with E-state index in [9.17, 15) is 9.90 Å². The van der Waals surface area contributed by atoms with Crippen LogP contribution in [0.25, 0.3) is 22.2 Å². The van der Waals surface area contributed by atoms with Gasteiger partial charge >= 0.3 is 0 Å². The Morgan fingerprint density at radius 1 is 0.943 bits per heavy atom. The molecule has 1 fully saturated rings. The van der Waals surface area contributed by atoms with Crippen molar-refractivity contribution in [2.24, 2.45) is 0 Å². The smallest absolute Gasteiger partial charge is 0.165 e. The lowest BCUT2D eigenvalue weighted by molar-refractivity contribution is -0.125. The summed E-state index contributed by atoms with van der Waals surface area (Å²) in [5.74, 6) is 0.729. The molecule has 1 N–H and O–H groups in total. The van der Waals surface area contributed by atoms with Gasteiger partial charge in [-0.3, -0.25) is 19.7 Å². The van der Waals surface area contributed by atoms with Gasteiger partial charge in [0.05, 0.1) is 17.2 Å². The highest BCUT2D eigenvalue weighted by molar-refractivity contribution is 5.85. The second kappa shape index (κ2) is 10.3. The fraction of sp³-hybridized carbons (Fsp3) is 0.286. The van der Waals surface area contributed by atoms with Crippen molar-refractivity contribution in [2.75, 3.05) is 31.1 Å². The molecule has 4 aromatic rings. The molecule has 5 rings (SSSR count). The van der Waals surface area contributed by atoms with Gasteiger partial charge < -0.3 is 10.0 Å². The van der Waals surface area contributed by atoms with E-state index in [1.54, 1.807) is 0 Å². The molecule has 35 heavy (non-hydrogen) atoms. The van der Waals surface area contributed by atoms with Crippen LogP contribution in [0.5, 0.6) is 0 Å². The second-order valence-corrected chi connectivity index (χ2v) is 9.07. The molecule has 2 aromatic carbocycles. The van der Waals surface area contributed by atoms with Crippen LogP contribution in [-0.4, -0.2) is 63.0 Å². The normalized spacial score (nSPS) is 15.3. The lowest BCUT2D eigenvalue weighted by atomic mass is 10.0. The van der Waals surface area contributed by atoms with E-state index in [0.29, 0.717) is 0 Å². The maximum Gasteiger partial charge on any atom is 0.165 e. The molecule has 7 nitrogen and oxygen atoms in total. The molecule has 0 aliphatic carbocycles. The molecule has 0 spiro atoms. The summed E-state index contributed by atoms with van der Waals surface area (Å²) in [6, 6.07) is 18.1. The zero-order valence-corrected chi connectivity index (χ0v) is 19.8. The first-order valence-electron chi connectivity index (χ1n) is 12.0. The molecule has 1 aliphatic heterocycles. The van der Waals surface area contributed by atoms with E-state index >= 15 is 0 Å². The molecular weight excluding hydrogens is 438 g/mol. The monoisotopic (exact) mass is 467 g/mol. The number of hydrogen-bond donors (Lipinski definition) is 1. The maximum atomic E-state index is 11.8. The molecule has 0 amide bonds. The predicted molar refractivity (Wildman–Crippen MR) is 137 cm³/mol. The Balaban J connectivity index is 1.28. The molecule has 1 aliphatic rings. The van der Waals surface area contributed by atoms with Gasteiger partial charge in [-0.1, -0.05) is 36.4 Å². The minimum absolute atomic E-state index is 0.177. The number of nitrogens with zero attached hydrogens (tertiary/aromatic N) is 5. The van der Waals surface area contributed by atoms with E-state index < -0.39 is 6.10 Å². The van der Waals surface area contributed by atoms with Gasteiger partial charge in [-0.15, -0.1) is 0 Å². The van der Waals surface area contributed by atoms with Crippen LogP contribution in [0.4, 0.5) is 5.82 Å². The lowest BCUT2D eigenvalue weighted by Gasteiger charge is -2.35. The summed E-state index contributed by atoms with van der Waals surface area (Å²) >= 11 is 0. The third kappa shape index (κ3) is 5.53. The number of benzene rings is 2. The Kier molecular flexibility index (Phi) is 6.79. The maximum absolute atomic E-state index is 11.8. The highest BCUT2D eigenvalue weighted by atomic mass is 16.3. The van der Waals surface area contributed by atoms with Crippen molar-refractivity contribution >= 4 is 22.6 Å². The molecule has 7 heteroatoms. The Morgan fingerprint density at radius 3 is 2.43 bits per heavy atom. The number of aromatic nitrogens is 3. The number of aliphatic hydroxyl groups is 1. The van der Waals surface area contributed by atoms with Crippen molar-refractivity contribution in [1.29, 1.82) is 0 Å². The number of pyridine rings is 1. The molecule has 0 saturated carbocycles. The van der Waals surface area contributed by atoms with Gasteiger partial charge in [0, 0.05) is 51.5 Å². The Morgan fingerprint density at radius 2 is 1.71 bits per heavy atom. The van der Waals surface area contributed by atoms with Gasteiger partial charge in [0.25, 0.3) is 0 Å². The number of hydrogen-bond acceptors (Lipinski definition) is 7. The number of rotatable bonds is 7. The molecule has 0 bridgehead atoms. The van der Waals surface area contributed by atoms with E-state index in [0.717, 1.165) is 66.3 Å². The summed E-state index contributed by atoms with van der Waals surface area (Å²) in [5.41, 5.74) is 5.97. The summed E-state index contributed by atoms with van der Waals surface area (Å²) in [6.45, 7) is 6.18. The molecule has 1 atom stereocenters. The van der Waals surface area contributed by atoms with Crippen molar-refractivity contribution in [3.63, 3.8) is 0 Å². The highest BCUT2D eigenvalue weighted by Gasteiger charge is 2.19. The Labute approximate surface area is 205 Å². The number of aliphatic hydroxyl groups excluding tert-OH is 1. The molecule has 2 aromatic heterocycles. The van der Waals surface area contributed by atoms with Crippen LogP contribution >= 0.6 is 0 Å². The minimum Gasteiger partial charge on any atom is -0.386 e. The van der Waals surface area contributed by atoms with Crippen molar-refractivity contribution in [3.05, 3.63) is 84.3 Å². The van der Waals surface area contributed by atoms with Gasteiger partial charge in [0.2, 0.25) is 0 Å². The van der Waals surface area contributed by atoms with Gasteiger partial charge in [-0.2, -0.15) is 0 Å². The Hall–Kier alpha value is -3.68. The number of ketones is 1. The van der Waals surface area contributed by atoms with Gasteiger partial charge in [0.15, 0.2) is 5.78 Å². The average Bonchev–Trinajstić information content (AvgIpc) is 2.89. The third-order valence-electron chi connectivity index (χ3n) is 6.49. The summed E-state index contributed by atoms with van der Waals surface area (Å²) in [6.07, 6.45) is 4.91. The molecular formula is C28H29N5O2. The zero-order valence-electron chi connectivity index (χ0n) is 19.8. The van der Waals surface area contributed by atoms with Gasteiger partial charge in [-0.05, 0) is 47.4 Å². The Bertz CT molecular complexity index is 1300. The number of carbonyl (C=O) groups excluding carboxylic acids is 1. The number of Topliss-reactive ketones (excluding diaryl/α,β-unsaturated/α-hetero) is 1. The van der Waals surface area contributed by atoms with E-state index in [-0.39, 0.29) is 12.2 Å². The quantitative estimate of drug-likeness (QED) is 0.445. The van der Waals surface area contributed by atoms with Crippen LogP contribution in [0.2, 0.25) is 0 Å². The fourth-order valence-corrected chi connectivity index (χ4v) is 4.38. The topological polar surface area (TPSA) is 82.5 Å². The first-order chi connectivity index (χ1) is 17.0. The fourth-order valence-electron chi connectivity index (χ4n) is 4.38. The van der Waals surface area contributed by atoms with Crippen molar-refractivity contribution in [2.45, 2.75) is 26.0 Å². The van der Waals surface area contributed by atoms with E-state index in [4.69, 9.17) is 4.98 Å². The molecule has 3 heterocycles. The summed E-state index contributed by atoms with van der Waals surface area (Å²) in [4.78, 5) is 30.3. The minimum atomic E-state index is -0.938. The SMILES string of the molecule is CC(O)C(=O)Cc1ccc(-c2ccc3ncc(N4CCN(Cc5cccnc5)CC4)nc3c2)cc1. The summed E-state index contributed by atoms with van der Waals surface area (Å²) in [5, 5.41) is 9.43. The van der Waals surface area contributed by atoms with Crippen LogP contribution in [-0.2, 0) is 17.8 Å². The van der Waals surface area contributed by atoms with Crippen molar-refractivity contribution < 1.29 is 9.90 Å². The van der Waals surface area contributed by atoms with E-state index in [2.05, 4.69) is 31.9 Å². The van der Waals surface area contributed by atoms with Crippen LogP contribution < -0.4 is 4.90 Å². The first kappa shape index (κ1) is 23.1. The van der Waals surface area contributed by atoms with Crippen LogP contribution in [0.1, 0.15) is 18.1 Å². The van der Waals surface area contributed by atoms with Crippen molar-refractivity contribution in [1.82, 2.24) is 19.9 Å². The van der Waals surface area contributed by atoms with E-state index in [1.165, 1.54) is 12.5 Å². The summed E-state index contributed by atoms with van der Waals surface area (Å²) in [7, 11) is 0. The molecule has 0 radical (unpaired) electrons. The second-order valence-electron chi connectivity index (χ2n) is 9.07. The number of anilines is 1. The molecule has 1 unspecified atom stereocenters. The van der Waals surface area contributed by atoms with Crippen LogP contribution in [0.3, 0.4) is 0 Å². The van der Waals surface area contributed by atoms with Gasteiger partial charge in [0.1, 0.15) is 11.9 Å². The summed E-state index contributed by atoms with van der Waals surface area (Å²) < 4.78 is 0. The third-order valence-corrected chi connectivity index (χ3v) is 6.49. The van der Waals surface area contributed by atoms with Crippen LogP contribution in [0.15, 0.2) is 73.2 Å². The number of carbonyl (C=O) groups is 1.